The van der Waals surface area contributed by atoms with Crippen LogP contribution in [0, 0.1) is 0 Å². The molecule has 0 aliphatic heterocycles. The monoisotopic (exact) mass is 446 g/mol. The Labute approximate surface area is 184 Å². The number of benzene rings is 2. The fraction of sp³-hybridized carbons (Fsp3) is 0.182. The number of pyridine rings is 1. The zero-order valence-corrected chi connectivity index (χ0v) is 17.8. The van der Waals surface area contributed by atoms with Crippen LogP contribution in [0.1, 0.15) is 23.2 Å². The van der Waals surface area contributed by atoms with Gasteiger partial charge in [0.05, 0.1) is 17.8 Å². The highest BCUT2D eigenvalue weighted by Gasteiger charge is 2.36. The molecule has 1 saturated carbocycles. The Morgan fingerprint density at radius 3 is 2.48 bits per heavy atom. The van der Waals surface area contributed by atoms with E-state index in [-0.39, 0.29) is 17.1 Å². The summed E-state index contributed by atoms with van der Waals surface area (Å²) in [6.07, 6.45) is 3.47. The second-order valence-electron chi connectivity index (χ2n) is 6.76. The topological polar surface area (TPSA) is 42.4 Å². The summed E-state index contributed by atoms with van der Waals surface area (Å²) in [5.74, 6) is 0.542. The first-order valence-corrected chi connectivity index (χ1v) is 10.2. The van der Waals surface area contributed by atoms with Gasteiger partial charge in [-0.1, -0.05) is 46.9 Å². The van der Waals surface area contributed by atoms with Crippen LogP contribution >= 0.6 is 34.8 Å². The highest BCUT2D eigenvalue weighted by Crippen LogP contribution is 2.39. The Bertz CT molecular complexity index is 1080. The lowest BCUT2D eigenvalue weighted by Gasteiger charge is -2.25. The van der Waals surface area contributed by atoms with Gasteiger partial charge in [-0.05, 0) is 49.2 Å². The molecule has 0 radical (unpaired) electrons. The fourth-order valence-electron chi connectivity index (χ4n) is 3.24. The average Bonchev–Trinajstić information content (AvgIpc) is 3.54. The molecule has 7 heteroatoms. The maximum atomic E-state index is 13.5. The minimum absolute atomic E-state index is 0.118. The molecule has 1 amide bonds. The molecule has 0 atom stereocenters. The second kappa shape index (κ2) is 8.23. The number of halogens is 3. The number of rotatable bonds is 5. The molecule has 3 aromatic rings. The molecule has 29 heavy (non-hydrogen) atoms. The zero-order chi connectivity index (χ0) is 20.5. The number of para-hydroxylation sites is 2. The molecule has 1 aliphatic carbocycles. The van der Waals surface area contributed by atoms with Crippen molar-refractivity contribution in [2.45, 2.75) is 18.9 Å². The molecule has 0 bridgehead atoms. The van der Waals surface area contributed by atoms with E-state index in [1.54, 1.807) is 42.5 Å². The normalized spacial score (nSPS) is 13.2. The largest absolute Gasteiger partial charge is 0.495 e. The van der Waals surface area contributed by atoms with Crippen LogP contribution in [0.2, 0.25) is 15.2 Å². The summed E-state index contributed by atoms with van der Waals surface area (Å²) < 4.78 is 5.48. The van der Waals surface area contributed by atoms with Crippen LogP contribution in [-0.2, 0) is 0 Å². The molecule has 1 aliphatic rings. The van der Waals surface area contributed by atoms with Crippen LogP contribution in [0.3, 0.4) is 0 Å². The van der Waals surface area contributed by atoms with E-state index >= 15 is 0 Å². The van der Waals surface area contributed by atoms with E-state index in [2.05, 4.69) is 4.98 Å². The number of aromatic nitrogens is 1. The van der Waals surface area contributed by atoms with Gasteiger partial charge in [0.2, 0.25) is 0 Å². The summed E-state index contributed by atoms with van der Waals surface area (Å²) in [4.78, 5) is 19.4. The van der Waals surface area contributed by atoms with Gasteiger partial charge in [0, 0.05) is 34.0 Å². The molecule has 2 aromatic carbocycles. The fourth-order valence-corrected chi connectivity index (χ4v) is 3.93. The number of carbonyl (C=O) groups excluding carboxylic acids is 1. The van der Waals surface area contributed by atoms with Crippen molar-refractivity contribution in [3.8, 4) is 16.9 Å². The van der Waals surface area contributed by atoms with Crippen LogP contribution in [0.5, 0.6) is 5.75 Å². The maximum absolute atomic E-state index is 13.5. The second-order valence-corrected chi connectivity index (χ2v) is 7.96. The highest BCUT2D eigenvalue weighted by molar-refractivity contribution is 6.37. The van der Waals surface area contributed by atoms with E-state index in [1.165, 1.54) is 0 Å². The number of carbonyl (C=O) groups is 1. The molecule has 148 valence electrons. The summed E-state index contributed by atoms with van der Waals surface area (Å²) in [6.45, 7) is 0. The third-order valence-corrected chi connectivity index (χ3v) is 5.65. The number of ether oxygens (including phenoxy) is 1. The lowest BCUT2D eigenvalue weighted by molar-refractivity contribution is 0.0984. The Hall–Kier alpha value is -2.27. The van der Waals surface area contributed by atoms with Crippen LogP contribution in [0.4, 0.5) is 5.69 Å². The molecule has 1 heterocycles. The van der Waals surface area contributed by atoms with Crippen molar-refractivity contribution in [3.63, 3.8) is 0 Å². The van der Waals surface area contributed by atoms with E-state index in [9.17, 15) is 4.79 Å². The predicted octanol–water partition coefficient (Wildman–Crippen LogP) is 6.53. The quantitative estimate of drug-likeness (QED) is 0.418. The van der Waals surface area contributed by atoms with Crippen LogP contribution < -0.4 is 9.64 Å². The Kier molecular flexibility index (Phi) is 5.68. The zero-order valence-electron chi connectivity index (χ0n) is 15.5. The van der Waals surface area contributed by atoms with Gasteiger partial charge in [0.25, 0.3) is 5.91 Å². The first-order chi connectivity index (χ1) is 14.0. The number of amides is 1. The van der Waals surface area contributed by atoms with Gasteiger partial charge in [-0.2, -0.15) is 0 Å². The highest BCUT2D eigenvalue weighted by atomic mass is 35.5. The van der Waals surface area contributed by atoms with E-state index < -0.39 is 0 Å². The van der Waals surface area contributed by atoms with Gasteiger partial charge in [-0.15, -0.1) is 0 Å². The van der Waals surface area contributed by atoms with Crippen molar-refractivity contribution >= 4 is 46.4 Å². The predicted molar refractivity (Wildman–Crippen MR) is 118 cm³/mol. The molecule has 0 N–H and O–H groups in total. The standard InChI is InChI=1S/C22H17Cl3N2O2/c1-29-20-5-3-2-4-19(20)27(14-7-8-14)22(28)13-6-9-17(23)15(10-13)16-12-26-21(25)11-18(16)24/h2-6,9-12,14H,7-8H2,1H3. The first kappa shape index (κ1) is 20.0. The molecule has 0 saturated heterocycles. The molecular formula is C22H17Cl3N2O2. The van der Waals surface area contributed by atoms with Crippen molar-refractivity contribution in [1.82, 2.24) is 4.98 Å². The van der Waals surface area contributed by atoms with E-state index in [0.717, 1.165) is 18.5 Å². The summed E-state index contributed by atoms with van der Waals surface area (Å²) in [5.41, 5.74) is 2.51. The summed E-state index contributed by atoms with van der Waals surface area (Å²) in [5, 5.41) is 1.18. The number of hydrogen-bond acceptors (Lipinski definition) is 3. The molecule has 4 rings (SSSR count). The molecule has 4 nitrogen and oxygen atoms in total. The molecule has 0 unspecified atom stereocenters. The molecule has 0 spiro atoms. The van der Waals surface area contributed by atoms with E-state index in [4.69, 9.17) is 39.5 Å². The SMILES string of the molecule is COc1ccccc1N(C(=O)c1ccc(Cl)c(-c2cnc(Cl)cc2Cl)c1)C1CC1. The molecular weight excluding hydrogens is 431 g/mol. The van der Waals surface area contributed by atoms with Crippen molar-refractivity contribution in [2.24, 2.45) is 0 Å². The van der Waals surface area contributed by atoms with E-state index in [1.807, 2.05) is 24.3 Å². The van der Waals surface area contributed by atoms with Gasteiger partial charge in [0.1, 0.15) is 10.9 Å². The lowest BCUT2D eigenvalue weighted by atomic mass is 10.0. The molecule has 1 aromatic heterocycles. The van der Waals surface area contributed by atoms with Gasteiger partial charge in [-0.3, -0.25) is 4.79 Å². The lowest BCUT2D eigenvalue weighted by Crippen LogP contribution is -2.33. The Morgan fingerprint density at radius 2 is 1.79 bits per heavy atom. The summed E-state index contributed by atoms with van der Waals surface area (Å²) >= 11 is 18.6. The van der Waals surface area contributed by atoms with Gasteiger partial charge >= 0.3 is 0 Å². The van der Waals surface area contributed by atoms with Crippen LogP contribution in [-0.4, -0.2) is 24.0 Å². The maximum Gasteiger partial charge on any atom is 0.258 e. The molecule has 1 fully saturated rings. The van der Waals surface area contributed by atoms with Gasteiger partial charge < -0.3 is 9.64 Å². The third-order valence-electron chi connectivity index (χ3n) is 4.80. The van der Waals surface area contributed by atoms with Crippen molar-refractivity contribution in [1.29, 1.82) is 0 Å². The van der Waals surface area contributed by atoms with Crippen LogP contribution in [0.25, 0.3) is 11.1 Å². The number of anilines is 1. The number of methoxy groups -OCH3 is 1. The van der Waals surface area contributed by atoms with Gasteiger partial charge in [-0.25, -0.2) is 4.98 Å². The van der Waals surface area contributed by atoms with E-state index in [0.29, 0.717) is 32.5 Å². The van der Waals surface area contributed by atoms with Crippen molar-refractivity contribution < 1.29 is 9.53 Å². The minimum atomic E-state index is -0.118. The van der Waals surface area contributed by atoms with Gasteiger partial charge in [0.15, 0.2) is 0 Å². The Balaban J connectivity index is 1.77. The van der Waals surface area contributed by atoms with Crippen LogP contribution in [0.15, 0.2) is 54.7 Å². The average molecular weight is 448 g/mol. The number of nitrogens with zero attached hydrogens (tertiary/aromatic N) is 2. The van der Waals surface area contributed by atoms with Crippen molar-refractivity contribution in [2.75, 3.05) is 12.0 Å². The van der Waals surface area contributed by atoms with Crippen molar-refractivity contribution in [3.05, 3.63) is 75.5 Å². The summed E-state index contributed by atoms with van der Waals surface area (Å²) in [7, 11) is 1.60. The summed E-state index contributed by atoms with van der Waals surface area (Å²) in [6, 6.07) is 14.4. The third kappa shape index (κ3) is 4.06. The first-order valence-electron chi connectivity index (χ1n) is 9.07. The minimum Gasteiger partial charge on any atom is -0.495 e. The number of hydrogen-bond donors (Lipinski definition) is 0. The Morgan fingerprint density at radius 1 is 1.03 bits per heavy atom. The smallest absolute Gasteiger partial charge is 0.258 e.